The molecule has 0 aliphatic rings. The Morgan fingerprint density at radius 2 is 2.31 bits per heavy atom. The Balaban J connectivity index is 1.94. The summed E-state index contributed by atoms with van der Waals surface area (Å²) < 4.78 is 1.77. The van der Waals surface area contributed by atoms with Crippen LogP contribution in [0.3, 0.4) is 0 Å². The quantitative estimate of drug-likeness (QED) is 0.832. The van der Waals surface area contributed by atoms with E-state index in [2.05, 4.69) is 33.6 Å². The molecule has 0 saturated carbocycles. The normalized spacial score (nSPS) is 12.6. The van der Waals surface area contributed by atoms with Gasteiger partial charge in [-0.05, 0) is 18.6 Å². The van der Waals surface area contributed by atoms with Crippen molar-refractivity contribution in [2.24, 2.45) is 7.05 Å². The molecule has 1 N–H and O–H groups in total. The van der Waals surface area contributed by atoms with E-state index in [4.69, 9.17) is 0 Å². The molecule has 84 valence electrons. The standard InChI is InChI=1S/C11H15N5/c1-9(10-4-3-5-12-6-10)13-7-11-8-14-15-16(11)2/h3-6,8-9,13H,7H2,1-2H3. The number of nitrogens with one attached hydrogen (secondary N) is 1. The predicted octanol–water partition coefficient (Wildman–Crippen LogP) is 1.06. The number of aromatic nitrogens is 4. The highest BCUT2D eigenvalue weighted by molar-refractivity contribution is 5.13. The molecule has 5 heteroatoms. The Morgan fingerprint density at radius 1 is 1.44 bits per heavy atom. The highest BCUT2D eigenvalue weighted by atomic mass is 15.4. The van der Waals surface area contributed by atoms with E-state index < -0.39 is 0 Å². The number of rotatable bonds is 4. The number of hydrogen-bond donors (Lipinski definition) is 1. The molecule has 0 amide bonds. The van der Waals surface area contributed by atoms with E-state index in [0.29, 0.717) is 0 Å². The summed E-state index contributed by atoms with van der Waals surface area (Å²) in [6.07, 6.45) is 5.42. The second kappa shape index (κ2) is 4.85. The predicted molar refractivity (Wildman–Crippen MR) is 60.5 cm³/mol. The summed E-state index contributed by atoms with van der Waals surface area (Å²) in [6.45, 7) is 2.86. The first-order valence-electron chi connectivity index (χ1n) is 5.24. The molecule has 2 aromatic rings. The lowest BCUT2D eigenvalue weighted by Crippen LogP contribution is -2.19. The fourth-order valence-electron chi connectivity index (χ4n) is 1.48. The molecule has 0 spiro atoms. The van der Waals surface area contributed by atoms with Crippen LogP contribution < -0.4 is 5.32 Å². The highest BCUT2D eigenvalue weighted by Crippen LogP contribution is 2.10. The van der Waals surface area contributed by atoms with Crippen molar-refractivity contribution in [3.05, 3.63) is 42.0 Å². The first-order chi connectivity index (χ1) is 7.77. The smallest absolute Gasteiger partial charge is 0.0738 e. The maximum absolute atomic E-state index is 4.10. The zero-order valence-electron chi connectivity index (χ0n) is 9.46. The van der Waals surface area contributed by atoms with Crippen molar-refractivity contribution in [1.82, 2.24) is 25.3 Å². The molecule has 0 saturated heterocycles. The molecule has 16 heavy (non-hydrogen) atoms. The molecular weight excluding hydrogens is 202 g/mol. The van der Waals surface area contributed by atoms with Gasteiger partial charge in [-0.25, -0.2) is 0 Å². The second-order valence-corrected chi connectivity index (χ2v) is 3.74. The molecular formula is C11H15N5. The summed E-state index contributed by atoms with van der Waals surface area (Å²) in [6, 6.07) is 4.27. The van der Waals surface area contributed by atoms with Crippen molar-refractivity contribution < 1.29 is 0 Å². The van der Waals surface area contributed by atoms with Gasteiger partial charge in [0.1, 0.15) is 0 Å². The molecule has 0 aliphatic heterocycles. The van der Waals surface area contributed by atoms with Gasteiger partial charge in [-0.1, -0.05) is 11.3 Å². The third-order valence-electron chi connectivity index (χ3n) is 2.58. The van der Waals surface area contributed by atoms with Crippen LogP contribution in [0.1, 0.15) is 24.2 Å². The van der Waals surface area contributed by atoms with Crippen LogP contribution in [0.5, 0.6) is 0 Å². The van der Waals surface area contributed by atoms with Crippen molar-refractivity contribution in [1.29, 1.82) is 0 Å². The zero-order valence-corrected chi connectivity index (χ0v) is 9.46. The minimum atomic E-state index is 0.267. The Hall–Kier alpha value is -1.75. The monoisotopic (exact) mass is 217 g/mol. The van der Waals surface area contributed by atoms with E-state index >= 15 is 0 Å². The van der Waals surface area contributed by atoms with Gasteiger partial charge in [-0.2, -0.15) is 0 Å². The molecule has 5 nitrogen and oxygen atoms in total. The number of aryl methyl sites for hydroxylation is 1. The van der Waals surface area contributed by atoms with E-state index in [1.54, 1.807) is 17.1 Å². The first-order valence-corrected chi connectivity index (χ1v) is 5.24. The number of pyridine rings is 1. The maximum Gasteiger partial charge on any atom is 0.0738 e. The molecule has 0 radical (unpaired) electrons. The lowest BCUT2D eigenvalue weighted by Gasteiger charge is -2.13. The average molecular weight is 217 g/mol. The molecule has 2 aromatic heterocycles. The Kier molecular flexibility index (Phi) is 3.26. The second-order valence-electron chi connectivity index (χ2n) is 3.74. The van der Waals surface area contributed by atoms with Crippen LogP contribution in [0.2, 0.25) is 0 Å². The van der Waals surface area contributed by atoms with Gasteiger partial charge in [0.05, 0.1) is 11.9 Å². The third kappa shape index (κ3) is 2.43. The Labute approximate surface area is 94.5 Å². The highest BCUT2D eigenvalue weighted by Gasteiger charge is 2.06. The number of hydrogen-bond acceptors (Lipinski definition) is 4. The lowest BCUT2D eigenvalue weighted by atomic mass is 10.1. The van der Waals surface area contributed by atoms with Crippen LogP contribution in [0, 0.1) is 0 Å². The van der Waals surface area contributed by atoms with E-state index in [-0.39, 0.29) is 6.04 Å². The van der Waals surface area contributed by atoms with Crippen molar-refractivity contribution in [2.45, 2.75) is 19.5 Å². The van der Waals surface area contributed by atoms with Gasteiger partial charge < -0.3 is 5.32 Å². The van der Waals surface area contributed by atoms with E-state index in [0.717, 1.165) is 12.2 Å². The first kappa shape index (κ1) is 10.8. The molecule has 0 fully saturated rings. The minimum Gasteiger partial charge on any atom is -0.304 e. The summed E-state index contributed by atoms with van der Waals surface area (Å²) in [5.74, 6) is 0. The van der Waals surface area contributed by atoms with Gasteiger partial charge in [-0.15, -0.1) is 5.10 Å². The summed E-state index contributed by atoms with van der Waals surface area (Å²) in [5, 5.41) is 11.1. The molecule has 2 heterocycles. The van der Waals surface area contributed by atoms with Crippen LogP contribution in [0.15, 0.2) is 30.7 Å². The van der Waals surface area contributed by atoms with Crippen LogP contribution in [0.25, 0.3) is 0 Å². The largest absolute Gasteiger partial charge is 0.304 e. The molecule has 0 aliphatic carbocycles. The Bertz CT molecular complexity index is 437. The van der Waals surface area contributed by atoms with E-state index in [1.807, 2.05) is 19.3 Å². The summed E-state index contributed by atoms with van der Waals surface area (Å²) in [7, 11) is 1.89. The SMILES string of the molecule is CC(NCc1cnnn1C)c1cccnc1. The van der Waals surface area contributed by atoms with Gasteiger partial charge in [0.2, 0.25) is 0 Å². The fraction of sp³-hybridized carbons (Fsp3) is 0.364. The van der Waals surface area contributed by atoms with Crippen LogP contribution in [-0.4, -0.2) is 20.0 Å². The van der Waals surface area contributed by atoms with Crippen molar-refractivity contribution in [2.75, 3.05) is 0 Å². The minimum absolute atomic E-state index is 0.267. The topological polar surface area (TPSA) is 55.6 Å². The lowest BCUT2D eigenvalue weighted by molar-refractivity contribution is 0.545. The zero-order chi connectivity index (χ0) is 11.4. The van der Waals surface area contributed by atoms with E-state index in [1.165, 1.54) is 5.56 Å². The summed E-state index contributed by atoms with van der Waals surface area (Å²) >= 11 is 0. The van der Waals surface area contributed by atoms with Gasteiger partial charge in [0, 0.05) is 32.0 Å². The summed E-state index contributed by atoms with van der Waals surface area (Å²) in [4.78, 5) is 4.10. The molecule has 0 aromatic carbocycles. The van der Waals surface area contributed by atoms with E-state index in [9.17, 15) is 0 Å². The maximum atomic E-state index is 4.10. The molecule has 2 rings (SSSR count). The summed E-state index contributed by atoms with van der Waals surface area (Å²) in [5.41, 5.74) is 2.24. The Morgan fingerprint density at radius 3 is 2.94 bits per heavy atom. The van der Waals surface area contributed by atoms with Crippen molar-refractivity contribution in [3.8, 4) is 0 Å². The van der Waals surface area contributed by atoms with Crippen LogP contribution in [-0.2, 0) is 13.6 Å². The molecule has 1 unspecified atom stereocenters. The molecule has 1 atom stereocenters. The van der Waals surface area contributed by atoms with Gasteiger partial charge in [0.25, 0.3) is 0 Å². The van der Waals surface area contributed by atoms with Gasteiger partial charge >= 0.3 is 0 Å². The third-order valence-corrected chi connectivity index (χ3v) is 2.58. The number of nitrogens with zero attached hydrogens (tertiary/aromatic N) is 4. The van der Waals surface area contributed by atoms with Gasteiger partial charge in [0.15, 0.2) is 0 Å². The van der Waals surface area contributed by atoms with Crippen LogP contribution in [0.4, 0.5) is 0 Å². The average Bonchev–Trinajstić information content (AvgIpc) is 2.73. The molecule has 0 bridgehead atoms. The fourth-order valence-corrected chi connectivity index (χ4v) is 1.48. The van der Waals surface area contributed by atoms with Crippen LogP contribution >= 0.6 is 0 Å². The van der Waals surface area contributed by atoms with Crippen molar-refractivity contribution in [3.63, 3.8) is 0 Å². The van der Waals surface area contributed by atoms with Gasteiger partial charge in [-0.3, -0.25) is 9.67 Å². The van der Waals surface area contributed by atoms with Crippen molar-refractivity contribution >= 4 is 0 Å².